The Hall–Kier alpha value is -3.53. The summed E-state index contributed by atoms with van der Waals surface area (Å²) in [5, 5.41) is 10.3. The van der Waals surface area contributed by atoms with Crippen LogP contribution in [-0.4, -0.2) is 86.4 Å². The van der Waals surface area contributed by atoms with Crippen LogP contribution in [0.3, 0.4) is 0 Å². The average Bonchev–Trinajstić information content (AvgIpc) is 3.63. The van der Waals surface area contributed by atoms with Crippen LogP contribution >= 0.6 is 0 Å². The first-order chi connectivity index (χ1) is 20.0. The standard InChI is InChI=1S/C31H37FN6O3/c1-2-7-20-8-3-4-9-23(20)26-25(32)27-24(16-33-26)28(36-17-21-10-11-22(18-36)38(21)30(39)40)35-29(34-27)41-19-31-12-5-14-37(31)15-6-13-31/h3-4,8-9,16,21-22H,2,5-7,10-15,17-19H2,1H3,(H,39,40). The summed E-state index contributed by atoms with van der Waals surface area (Å²) >= 11 is 0. The number of carboxylic acid groups (broad SMARTS) is 1. The molecule has 0 radical (unpaired) electrons. The van der Waals surface area contributed by atoms with Gasteiger partial charge >= 0.3 is 12.1 Å². The molecule has 216 valence electrons. The van der Waals surface area contributed by atoms with E-state index in [1.165, 1.54) is 0 Å². The Morgan fingerprint density at radius 3 is 2.56 bits per heavy atom. The minimum absolute atomic E-state index is 0.00570. The highest BCUT2D eigenvalue weighted by molar-refractivity contribution is 5.92. The zero-order chi connectivity index (χ0) is 28.1. The van der Waals surface area contributed by atoms with Gasteiger partial charge in [-0.15, -0.1) is 0 Å². The second kappa shape index (κ2) is 10.4. The molecule has 6 heterocycles. The lowest BCUT2D eigenvalue weighted by Crippen LogP contribution is -2.55. The Morgan fingerprint density at radius 2 is 1.85 bits per heavy atom. The highest BCUT2D eigenvalue weighted by atomic mass is 19.1. The fraction of sp³-hybridized carbons (Fsp3) is 0.548. The second-order valence-electron chi connectivity index (χ2n) is 12.1. The molecule has 4 aliphatic rings. The largest absolute Gasteiger partial charge is 0.465 e. The number of aromatic nitrogens is 3. The third kappa shape index (κ3) is 4.47. The summed E-state index contributed by atoms with van der Waals surface area (Å²) in [6, 6.07) is 7.75. The maximum atomic E-state index is 16.5. The third-order valence-electron chi connectivity index (χ3n) is 9.72. The molecule has 2 bridgehead atoms. The van der Waals surface area contributed by atoms with Gasteiger partial charge in [-0.25, -0.2) is 9.18 Å². The van der Waals surface area contributed by atoms with Crippen LogP contribution in [0.5, 0.6) is 6.01 Å². The first-order valence-electron chi connectivity index (χ1n) is 15.1. The van der Waals surface area contributed by atoms with E-state index in [-0.39, 0.29) is 34.8 Å². The fourth-order valence-electron chi connectivity index (χ4n) is 7.80. The number of hydrogen-bond donors (Lipinski definition) is 1. The summed E-state index contributed by atoms with van der Waals surface area (Å²) in [7, 11) is 0. The first kappa shape index (κ1) is 26.4. The van der Waals surface area contributed by atoms with Crippen molar-refractivity contribution in [3.05, 3.63) is 41.8 Å². The van der Waals surface area contributed by atoms with Gasteiger partial charge in [0.25, 0.3) is 0 Å². The van der Waals surface area contributed by atoms with Crippen LogP contribution in [0.4, 0.5) is 15.0 Å². The van der Waals surface area contributed by atoms with Gasteiger partial charge in [0.15, 0.2) is 5.82 Å². The lowest BCUT2D eigenvalue weighted by atomic mass is 9.95. The minimum atomic E-state index is -0.881. The van der Waals surface area contributed by atoms with Crippen LogP contribution in [0.2, 0.25) is 0 Å². The molecular weight excluding hydrogens is 523 g/mol. The lowest BCUT2D eigenvalue weighted by molar-refractivity contribution is 0.107. The molecule has 4 fully saturated rings. The molecule has 9 nitrogen and oxygen atoms in total. The first-order valence-corrected chi connectivity index (χ1v) is 15.1. The molecule has 0 saturated carbocycles. The number of nitrogens with zero attached hydrogens (tertiary/aromatic N) is 6. The van der Waals surface area contributed by atoms with Crippen LogP contribution in [0, 0.1) is 5.82 Å². The number of carbonyl (C=O) groups is 1. The van der Waals surface area contributed by atoms with Gasteiger partial charge in [-0.3, -0.25) is 14.8 Å². The summed E-state index contributed by atoms with van der Waals surface area (Å²) in [5.41, 5.74) is 2.31. The Labute approximate surface area is 239 Å². The van der Waals surface area contributed by atoms with Crippen LogP contribution < -0.4 is 9.64 Å². The number of piperazine rings is 1. The second-order valence-corrected chi connectivity index (χ2v) is 12.1. The smallest absolute Gasteiger partial charge is 0.407 e. The van der Waals surface area contributed by atoms with E-state index < -0.39 is 11.9 Å². The molecule has 0 aliphatic carbocycles. The number of hydrogen-bond acceptors (Lipinski definition) is 7. The van der Waals surface area contributed by atoms with Crippen molar-refractivity contribution in [2.24, 2.45) is 0 Å². The van der Waals surface area contributed by atoms with Gasteiger partial charge in [-0.2, -0.15) is 9.97 Å². The molecule has 10 heteroatoms. The Balaban J connectivity index is 1.30. The van der Waals surface area contributed by atoms with Crippen molar-refractivity contribution in [1.29, 1.82) is 0 Å². The van der Waals surface area contributed by atoms with Gasteiger partial charge in [0.05, 0.1) is 23.0 Å². The number of rotatable bonds is 7. The molecule has 2 unspecified atom stereocenters. The molecule has 2 atom stereocenters. The minimum Gasteiger partial charge on any atom is -0.465 e. The van der Waals surface area contributed by atoms with Gasteiger partial charge in [0, 0.05) is 24.8 Å². The number of anilines is 1. The van der Waals surface area contributed by atoms with E-state index in [4.69, 9.17) is 9.72 Å². The van der Waals surface area contributed by atoms with Gasteiger partial charge in [0.2, 0.25) is 0 Å². The maximum Gasteiger partial charge on any atom is 0.407 e. The zero-order valence-corrected chi connectivity index (χ0v) is 23.6. The number of aryl methyl sites for hydroxylation is 1. The Morgan fingerprint density at radius 1 is 1.12 bits per heavy atom. The van der Waals surface area contributed by atoms with Gasteiger partial charge in [0.1, 0.15) is 23.6 Å². The topological polar surface area (TPSA) is 94.9 Å². The normalized spacial score (nSPS) is 23.4. The SMILES string of the molecule is CCCc1ccccc1-c1ncc2c(N3CC4CCC(C3)N4C(=O)O)nc(OCC34CCCN3CCC4)nc2c1F. The number of fused-ring (bicyclic) bond motifs is 4. The number of pyridine rings is 1. The van der Waals surface area contributed by atoms with Crippen molar-refractivity contribution < 1.29 is 19.0 Å². The van der Waals surface area contributed by atoms with E-state index in [0.29, 0.717) is 30.9 Å². The summed E-state index contributed by atoms with van der Waals surface area (Å²) < 4.78 is 22.8. The molecule has 4 saturated heterocycles. The quantitative estimate of drug-likeness (QED) is 0.426. The molecule has 1 N–H and O–H groups in total. The van der Waals surface area contributed by atoms with E-state index in [9.17, 15) is 9.90 Å². The third-order valence-corrected chi connectivity index (χ3v) is 9.72. The predicted molar refractivity (Wildman–Crippen MR) is 154 cm³/mol. The van der Waals surface area contributed by atoms with Crippen LogP contribution in [0.25, 0.3) is 22.2 Å². The maximum absolute atomic E-state index is 16.5. The molecule has 2 aromatic heterocycles. The molecule has 3 aromatic rings. The van der Waals surface area contributed by atoms with E-state index in [1.807, 2.05) is 24.3 Å². The number of ether oxygens (including phenoxy) is 1. The molecule has 1 amide bonds. The summed E-state index contributed by atoms with van der Waals surface area (Å²) in [4.78, 5) is 32.2. The van der Waals surface area contributed by atoms with Crippen molar-refractivity contribution in [3.63, 3.8) is 0 Å². The van der Waals surface area contributed by atoms with E-state index >= 15 is 4.39 Å². The van der Waals surface area contributed by atoms with Crippen molar-refractivity contribution in [2.45, 2.75) is 75.9 Å². The highest BCUT2D eigenvalue weighted by Crippen LogP contribution is 2.40. The van der Waals surface area contributed by atoms with Crippen LogP contribution in [0.15, 0.2) is 30.5 Å². The monoisotopic (exact) mass is 560 g/mol. The molecule has 4 aliphatic heterocycles. The van der Waals surface area contributed by atoms with Crippen molar-refractivity contribution in [1.82, 2.24) is 24.8 Å². The average molecular weight is 561 g/mol. The highest BCUT2D eigenvalue weighted by Gasteiger charge is 2.46. The van der Waals surface area contributed by atoms with Gasteiger partial charge in [-0.05, 0) is 63.6 Å². The van der Waals surface area contributed by atoms with Crippen molar-refractivity contribution in [3.8, 4) is 17.3 Å². The summed E-state index contributed by atoms with van der Waals surface area (Å²) in [6.07, 6.45) is 8.67. The van der Waals surface area contributed by atoms with E-state index in [0.717, 1.165) is 75.6 Å². The van der Waals surface area contributed by atoms with Gasteiger partial charge < -0.3 is 14.7 Å². The zero-order valence-electron chi connectivity index (χ0n) is 23.6. The van der Waals surface area contributed by atoms with Crippen molar-refractivity contribution >= 4 is 22.8 Å². The number of amides is 1. The van der Waals surface area contributed by atoms with Gasteiger partial charge in [-0.1, -0.05) is 37.6 Å². The Kier molecular flexibility index (Phi) is 6.68. The lowest BCUT2D eigenvalue weighted by Gasteiger charge is -2.40. The van der Waals surface area contributed by atoms with Crippen molar-refractivity contribution in [2.75, 3.05) is 37.7 Å². The molecular formula is C31H37FN6O3. The summed E-state index contributed by atoms with van der Waals surface area (Å²) in [6.45, 7) is 5.75. The molecule has 0 spiro atoms. The number of halogens is 1. The van der Waals surface area contributed by atoms with Crippen LogP contribution in [0.1, 0.15) is 57.4 Å². The Bertz CT molecular complexity index is 1460. The number of benzene rings is 1. The molecule has 1 aromatic carbocycles. The van der Waals surface area contributed by atoms with E-state index in [2.05, 4.69) is 26.7 Å². The summed E-state index contributed by atoms with van der Waals surface area (Å²) in [5.74, 6) is 0.0900. The molecule has 41 heavy (non-hydrogen) atoms. The van der Waals surface area contributed by atoms with E-state index in [1.54, 1.807) is 11.1 Å². The predicted octanol–water partition coefficient (Wildman–Crippen LogP) is 5.12. The fourth-order valence-corrected chi connectivity index (χ4v) is 7.80. The molecule has 7 rings (SSSR count). The van der Waals surface area contributed by atoms with Crippen LogP contribution in [-0.2, 0) is 6.42 Å².